The van der Waals surface area contributed by atoms with Crippen molar-refractivity contribution >= 4 is 0 Å². The summed E-state index contributed by atoms with van der Waals surface area (Å²) in [4.78, 5) is 2.52. The van der Waals surface area contributed by atoms with Crippen molar-refractivity contribution in [1.29, 1.82) is 0 Å². The molecule has 1 fully saturated rings. The van der Waals surface area contributed by atoms with Crippen LogP contribution in [0.5, 0.6) is 0 Å². The zero-order chi connectivity index (χ0) is 19.4. The molecule has 2 aliphatic carbocycles. The molecule has 2 unspecified atom stereocenters. The van der Waals surface area contributed by atoms with Gasteiger partial charge in [0.25, 0.3) is 0 Å². The van der Waals surface area contributed by atoms with E-state index in [0.29, 0.717) is 16.7 Å². The van der Waals surface area contributed by atoms with Gasteiger partial charge in [-0.3, -0.25) is 4.90 Å². The molecule has 0 radical (unpaired) electrons. The number of allylic oxidation sites excluding steroid dienone is 3. The van der Waals surface area contributed by atoms with Gasteiger partial charge in [-0.15, -0.1) is 0 Å². The Labute approximate surface area is 163 Å². The monoisotopic (exact) mass is 361 g/mol. The number of likely N-dealkylation sites (N-methyl/N-ethyl adjacent to an activating group) is 1. The fraction of sp³-hybridized carbons (Fsp3) is 0.833. The van der Waals surface area contributed by atoms with Gasteiger partial charge in [0, 0.05) is 12.6 Å². The Morgan fingerprint density at radius 3 is 2.31 bits per heavy atom. The van der Waals surface area contributed by atoms with Crippen molar-refractivity contribution in [2.75, 3.05) is 13.6 Å². The van der Waals surface area contributed by atoms with Crippen molar-refractivity contribution in [3.63, 3.8) is 0 Å². The Bertz CT molecular complexity index is 491. The van der Waals surface area contributed by atoms with Crippen LogP contribution in [0.3, 0.4) is 0 Å². The van der Waals surface area contributed by atoms with Crippen LogP contribution in [0.4, 0.5) is 0 Å². The Hall–Kier alpha value is -0.760. The molecule has 2 heteroatoms. The zero-order valence-electron chi connectivity index (χ0n) is 18.5. The first kappa shape index (κ1) is 21.5. The van der Waals surface area contributed by atoms with Crippen LogP contribution >= 0.6 is 0 Å². The third-order valence-electron chi connectivity index (χ3n) is 6.14. The van der Waals surface area contributed by atoms with Gasteiger partial charge in [-0.2, -0.15) is 0 Å². The van der Waals surface area contributed by atoms with E-state index >= 15 is 0 Å². The van der Waals surface area contributed by atoms with Gasteiger partial charge in [-0.25, -0.2) is 0 Å². The first-order chi connectivity index (χ1) is 12.1. The van der Waals surface area contributed by atoms with E-state index in [9.17, 15) is 0 Å². The van der Waals surface area contributed by atoms with E-state index in [-0.39, 0.29) is 6.10 Å². The highest BCUT2D eigenvalue weighted by molar-refractivity contribution is 5.20. The molecule has 0 amide bonds. The lowest BCUT2D eigenvalue weighted by Gasteiger charge is -2.38. The Balaban J connectivity index is 1.80. The maximum atomic E-state index is 6.25. The molecule has 26 heavy (non-hydrogen) atoms. The molecular weight excluding hydrogens is 318 g/mol. The molecule has 0 bridgehead atoms. The number of rotatable bonds is 7. The quantitative estimate of drug-likeness (QED) is 0.508. The van der Waals surface area contributed by atoms with E-state index in [0.717, 1.165) is 24.8 Å². The molecule has 150 valence electrons. The number of hydrogen-bond acceptors (Lipinski definition) is 2. The fourth-order valence-electron chi connectivity index (χ4n) is 5.11. The maximum Gasteiger partial charge on any atom is 0.115 e. The van der Waals surface area contributed by atoms with E-state index < -0.39 is 0 Å². The highest BCUT2D eigenvalue weighted by Gasteiger charge is 2.32. The van der Waals surface area contributed by atoms with Crippen LogP contribution < -0.4 is 0 Å². The van der Waals surface area contributed by atoms with Crippen LogP contribution in [0.15, 0.2) is 24.0 Å². The Morgan fingerprint density at radius 1 is 1.12 bits per heavy atom. The van der Waals surface area contributed by atoms with Crippen LogP contribution in [0.2, 0.25) is 0 Å². The van der Waals surface area contributed by atoms with Crippen LogP contribution in [0, 0.1) is 16.7 Å². The van der Waals surface area contributed by atoms with Crippen molar-refractivity contribution < 1.29 is 4.74 Å². The van der Waals surface area contributed by atoms with Gasteiger partial charge < -0.3 is 4.74 Å². The number of nitrogens with zero attached hydrogens (tertiary/aromatic N) is 1. The lowest BCUT2D eigenvalue weighted by molar-refractivity contribution is 0.0754. The fourth-order valence-corrected chi connectivity index (χ4v) is 5.11. The van der Waals surface area contributed by atoms with Gasteiger partial charge in [-0.05, 0) is 68.6 Å². The summed E-state index contributed by atoms with van der Waals surface area (Å²) in [6.45, 7) is 15.1. The standard InChI is InChI=1S/C24H43NO/c1-19(17-25(7)21-11-9-8-10-12-21)26-22-15-13-20(14-16-22)24(5,6)18-23(2,3)4/h13,15-16,19-21H,8-12,14,17-18H2,1-7H3. The molecule has 0 spiro atoms. The van der Waals surface area contributed by atoms with Crippen molar-refractivity contribution in [3.05, 3.63) is 24.0 Å². The third kappa shape index (κ3) is 6.76. The largest absolute Gasteiger partial charge is 0.490 e. The average molecular weight is 362 g/mol. The molecule has 0 aromatic heterocycles. The number of hydrogen-bond donors (Lipinski definition) is 0. The van der Waals surface area contributed by atoms with E-state index in [1.807, 2.05) is 0 Å². The van der Waals surface area contributed by atoms with E-state index in [1.54, 1.807) is 0 Å². The van der Waals surface area contributed by atoms with Crippen molar-refractivity contribution in [2.45, 2.75) is 98.6 Å². The molecule has 0 aromatic carbocycles. The summed E-state index contributed by atoms with van der Waals surface area (Å²) >= 11 is 0. The predicted octanol–water partition coefficient (Wildman–Crippen LogP) is 6.58. The Kier molecular flexibility index (Phi) is 7.42. The minimum atomic E-state index is 0.247. The second kappa shape index (κ2) is 8.95. The first-order valence-electron chi connectivity index (χ1n) is 10.8. The second-order valence-electron chi connectivity index (χ2n) is 10.7. The van der Waals surface area contributed by atoms with Crippen LogP contribution in [-0.2, 0) is 4.74 Å². The molecule has 0 saturated heterocycles. The average Bonchev–Trinajstić information content (AvgIpc) is 2.54. The zero-order valence-corrected chi connectivity index (χ0v) is 18.5. The first-order valence-corrected chi connectivity index (χ1v) is 10.8. The highest BCUT2D eigenvalue weighted by atomic mass is 16.5. The summed E-state index contributed by atoms with van der Waals surface area (Å²) in [5.41, 5.74) is 0.694. The SMILES string of the molecule is CC(CN(C)C1CCCCC1)OC1=CCC(C(C)(C)CC(C)(C)C)C=C1. The van der Waals surface area contributed by atoms with Gasteiger partial charge in [0.05, 0.1) is 0 Å². The van der Waals surface area contributed by atoms with Gasteiger partial charge in [0.2, 0.25) is 0 Å². The molecular formula is C24H43NO. The summed E-state index contributed by atoms with van der Waals surface area (Å²) in [5, 5.41) is 0. The van der Waals surface area contributed by atoms with Crippen LogP contribution in [0.1, 0.15) is 86.5 Å². The maximum absolute atomic E-state index is 6.25. The summed E-state index contributed by atoms with van der Waals surface area (Å²) in [7, 11) is 2.27. The topological polar surface area (TPSA) is 12.5 Å². The van der Waals surface area contributed by atoms with Gasteiger partial charge in [0.1, 0.15) is 11.9 Å². The molecule has 2 rings (SSSR count). The number of ether oxygens (including phenoxy) is 1. The molecule has 2 atom stereocenters. The second-order valence-corrected chi connectivity index (χ2v) is 10.7. The summed E-state index contributed by atoms with van der Waals surface area (Å²) in [6.07, 6.45) is 16.4. The smallest absolute Gasteiger partial charge is 0.115 e. The lowest BCUT2D eigenvalue weighted by Crippen LogP contribution is -2.38. The molecule has 0 aliphatic heterocycles. The van der Waals surface area contributed by atoms with Gasteiger partial charge >= 0.3 is 0 Å². The third-order valence-corrected chi connectivity index (χ3v) is 6.14. The summed E-state index contributed by atoms with van der Waals surface area (Å²) < 4.78 is 6.25. The molecule has 2 aliphatic rings. The van der Waals surface area contributed by atoms with Crippen LogP contribution in [0.25, 0.3) is 0 Å². The highest BCUT2D eigenvalue weighted by Crippen LogP contribution is 2.42. The molecule has 0 heterocycles. The Morgan fingerprint density at radius 2 is 1.77 bits per heavy atom. The van der Waals surface area contributed by atoms with E-state index in [4.69, 9.17) is 4.74 Å². The van der Waals surface area contributed by atoms with Crippen molar-refractivity contribution in [2.24, 2.45) is 16.7 Å². The molecule has 0 N–H and O–H groups in total. The normalized spacial score (nSPS) is 23.8. The molecule has 2 nitrogen and oxygen atoms in total. The van der Waals surface area contributed by atoms with E-state index in [2.05, 4.69) is 71.7 Å². The van der Waals surface area contributed by atoms with Crippen molar-refractivity contribution in [3.8, 4) is 0 Å². The summed E-state index contributed by atoms with van der Waals surface area (Å²) in [6, 6.07) is 0.758. The minimum absolute atomic E-state index is 0.247. The summed E-state index contributed by atoms with van der Waals surface area (Å²) in [5.74, 6) is 1.67. The molecule has 1 saturated carbocycles. The predicted molar refractivity (Wildman–Crippen MR) is 113 cm³/mol. The minimum Gasteiger partial charge on any atom is -0.490 e. The molecule has 0 aromatic rings. The lowest BCUT2D eigenvalue weighted by atomic mass is 9.67. The van der Waals surface area contributed by atoms with Crippen LogP contribution in [-0.4, -0.2) is 30.6 Å². The van der Waals surface area contributed by atoms with Crippen molar-refractivity contribution in [1.82, 2.24) is 4.90 Å². The van der Waals surface area contributed by atoms with E-state index in [1.165, 1.54) is 38.5 Å². The van der Waals surface area contributed by atoms with Gasteiger partial charge in [0.15, 0.2) is 0 Å². The van der Waals surface area contributed by atoms with Gasteiger partial charge in [-0.1, -0.05) is 60.0 Å².